The maximum atomic E-state index is 12.2. The molecule has 0 bridgehead atoms. The van der Waals surface area contributed by atoms with Crippen LogP contribution in [0.2, 0.25) is 0 Å². The number of carbonyl (C=O) groups excluding carboxylic acids is 1. The van der Waals surface area contributed by atoms with Crippen LogP contribution in [0.15, 0.2) is 0 Å². The Bertz CT molecular complexity index is 401. The molecule has 1 amide bonds. The third-order valence-electron chi connectivity index (χ3n) is 5.50. The minimum atomic E-state index is -0.555. The predicted octanol–water partition coefficient (Wildman–Crippen LogP) is -0.324. The lowest BCUT2D eigenvalue weighted by Crippen LogP contribution is -2.48. The van der Waals surface area contributed by atoms with E-state index in [0.717, 1.165) is 45.2 Å². The fraction of sp³-hybridized carbons (Fsp3) is 0.938. The standard InChI is InChI=1S/C16H30N4O3/c1-10-19-15(20-23-10)12-4-2-11(3-5-12)8-18-16(22)13-6-7-17-9-14(13)21/h10-15,17,19-21H,2-9H2,1H3,(H,18,22). The third kappa shape index (κ3) is 4.42. The molecule has 4 unspecified atom stereocenters. The molecule has 132 valence electrons. The van der Waals surface area contributed by atoms with Gasteiger partial charge in [-0.3, -0.25) is 14.9 Å². The van der Waals surface area contributed by atoms with Gasteiger partial charge in [0.05, 0.1) is 18.2 Å². The fourth-order valence-corrected chi connectivity index (χ4v) is 3.98. The van der Waals surface area contributed by atoms with Crippen LogP contribution in [0, 0.1) is 17.8 Å². The first-order chi connectivity index (χ1) is 11.1. The van der Waals surface area contributed by atoms with E-state index in [2.05, 4.69) is 21.4 Å². The van der Waals surface area contributed by atoms with Gasteiger partial charge in [0.15, 0.2) is 0 Å². The average molecular weight is 326 g/mol. The van der Waals surface area contributed by atoms with Crippen LogP contribution in [0.4, 0.5) is 0 Å². The largest absolute Gasteiger partial charge is 0.391 e. The highest BCUT2D eigenvalue weighted by Crippen LogP contribution is 2.31. The first-order valence-corrected chi connectivity index (χ1v) is 8.97. The van der Waals surface area contributed by atoms with E-state index in [1.807, 2.05) is 6.92 Å². The molecule has 1 saturated carbocycles. The maximum absolute atomic E-state index is 12.2. The van der Waals surface area contributed by atoms with Crippen molar-refractivity contribution in [3.63, 3.8) is 0 Å². The molecule has 0 aromatic heterocycles. The molecule has 3 aliphatic rings. The average Bonchev–Trinajstić information content (AvgIpc) is 3.00. The van der Waals surface area contributed by atoms with Crippen LogP contribution in [0.1, 0.15) is 39.0 Å². The predicted molar refractivity (Wildman–Crippen MR) is 86.0 cm³/mol. The number of aliphatic hydroxyl groups excluding tert-OH is 1. The Balaban J connectivity index is 1.36. The number of hydrogen-bond donors (Lipinski definition) is 5. The molecule has 2 heterocycles. The van der Waals surface area contributed by atoms with E-state index in [1.165, 1.54) is 0 Å². The summed E-state index contributed by atoms with van der Waals surface area (Å²) in [5.74, 6) is 0.910. The van der Waals surface area contributed by atoms with E-state index in [-0.39, 0.29) is 24.2 Å². The lowest BCUT2D eigenvalue weighted by molar-refractivity contribution is -0.129. The van der Waals surface area contributed by atoms with E-state index in [1.54, 1.807) is 0 Å². The molecule has 7 nitrogen and oxygen atoms in total. The van der Waals surface area contributed by atoms with E-state index < -0.39 is 6.10 Å². The molecule has 2 saturated heterocycles. The third-order valence-corrected chi connectivity index (χ3v) is 5.50. The van der Waals surface area contributed by atoms with Crippen molar-refractivity contribution in [1.29, 1.82) is 0 Å². The second-order valence-corrected chi connectivity index (χ2v) is 7.21. The van der Waals surface area contributed by atoms with Gasteiger partial charge in [-0.15, -0.1) is 0 Å². The molecule has 3 fully saturated rings. The molecule has 3 rings (SSSR count). The number of hydrogen-bond acceptors (Lipinski definition) is 6. The maximum Gasteiger partial charge on any atom is 0.225 e. The zero-order valence-electron chi connectivity index (χ0n) is 13.9. The molecule has 0 aromatic rings. The topological polar surface area (TPSA) is 94.7 Å². The Morgan fingerprint density at radius 1 is 1.26 bits per heavy atom. The highest BCUT2D eigenvalue weighted by Gasteiger charge is 2.33. The van der Waals surface area contributed by atoms with Crippen molar-refractivity contribution in [1.82, 2.24) is 21.4 Å². The second-order valence-electron chi connectivity index (χ2n) is 7.21. The van der Waals surface area contributed by atoms with Gasteiger partial charge in [0.2, 0.25) is 5.91 Å². The van der Waals surface area contributed by atoms with Gasteiger partial charge in [0.25, 0.3) is 0 Å². The van der Waals surface area contributed by atoms with Gasteiger partial charge in [-0.25, -0.2) is 0 Å². The zero-order valence-corrected chi connectivity index (χ0v) is 13.9. The fourth-order valence-electron chi connectivity index (χ4n) is 3.98. The number of nitrogens with one attached hydrogen (secondary N) is 4. The van der Waals surface area contributed by atoms with Crippen LogP contribution in [-0.2, 0) is 9.63 Å². The van der Waals surface area contributed by atoms with Gasteiger partial charge in [-0.1, -0.05) is 0 Å². The van der Waals surface area contributed by atoms with Crippen LogP contribution in [0.3, 0.4) is 0 Å². The Morgan fingerprint density at radius 3 is 2.70 bits per heavy atom. The molecule has 2 aliphatic heterocycles. The Morgan fingerprint density at radius 2 is 2.04 bits per heavy atom. The smallest absolute Gasteiger partial charge is 0.225 e. The van der Waals surface area contributed by atoms with Gasteiger partial charge < -0.3 is 15.7 Å². The molecule has 23 heavy (non-hydrogen) atoms. The SMILES string of the molecule is CC1NC(C2CCC(CNC(=O)C3CCNCC3O)CC2)NO1. The molecule has 1 aliphatic carbocycles. The van der Waals surface area contributed by atoms with Crippen LogP contribution >= 0.6 is 0 Å². The number of piperidine rings is 1. The van der Waals surface area contributed by atoms with Gasteiger partial charge >= 0.3 is 0 Å². The summed E-state index contributed by atoms with van der Waals surface area (Å²) in [5.41, 5.74) is 3.07. The first-order valence-electron chi connectivity index (χ1n) is 8.97. The highest BCUT2D eigenvalue weighted by molar-refractivity contribution is 5.79. The first kappa shape index (κ1) is 17.1. The van der Waals surface area contributed by atoms with Gasteiger partial charge in [-0.05, 0) is 57.4 Å². The van der Waals surface area contributed by atoms with Crippen LogP contribution in [0.25, 0.3) is 0 Å². The van der Waals surface area contributed by atoms with E-state index in [0.29, 0.717) is 18.4 Å². The van der Waals surface area contributed by atoms with Crippen molar-refractivity contribution in [3.05, 3.63) is 0 Å². The highest BCUT2D eigenvalue weighted by atomic mass is 16.7. The Kier molecular flexibility index (Phi) is 5.87. The number of amides is 1. The van der Waals surface area contributed by atoms with Crippen molar-refractivity contribution in [2.45, 2.75) is 57.5 Å². The van der Waals surface area contributed by atoms with Crippen molar-refractivity contribution < 1.29 is 14.7 Å². The van der Waals surface area contributed by atoms with Crippen molar-refractivity contribution in [2.24, 2.45) is 17.8 Å². The van der Waals surface area contributed by atoms with E-state index in [4.69, 9.17) is 4.84 Å². The minimum Gasteiger partial charge on any atom is -0.391 e. The Labute approximate surface area is 137 Å². The monoisotopic (exact) mass is 326 g/mol. The van der Waals surface area contributed by atoms with Crippen molar-refractivity contribution >= 4 is 5.91 Å². The van der Waals surface area contributed by atoms with Crippen LogP contribution < -0.4 is 21.4 Å². The quantitative estimate of drug-likeness (QED) is 0.486. The van der Waals surface area contributed by atoms with Crippen molar-refractivity contribution in [2.75, 3.05) is 19.6 Å². The Hall–Kier alpha value is -0.730. The minimum absolute atomic E-state index is 0.0162. The normalized spacial score (nSPS) is 41.7. The van der Waals surface area contributed by atoms with Crippen molar-refractivity contribution in [3.8, 4) is 0 Å². The molecule has 0 aromatic carbocycles. The number of hydroxylamine groups is 1. The van der Waals surface area contributed by atoms with Gasteiger partial charge in [0.1, 0.15) is 6.23 Å². The number of rotatable bonds is 4. The number of β-amino-alcohol motifs (C(OH)–C–C–N with tert-alkyl or cyclic N) is 1. The summed E-state index contributed by atoms with van der Waals surface area (Å²) in [6.45, 7) is 4.07. The molecule has 4 atom stereocenters. The lowest BCUT2D eigenvalue weighted by atomic mass is 9.80. The molecule has 0 spiro atoms. The molecule has 5 N–H and O–H groups in total. The summed E-state index contributed by atoms with van der Waals surface area (Å²) >= 11 is 0. The molecule has 0 radical (unpaired) electrons. The van der Waals surface area contributed by atoms with Gasteiger partial charge in [-0.2, -0.15) is 5.48 Å². The van der Waals surface area contributed by atoms with Gasteiger partial charge in [0, 0.05) is 13.1 Å². The number of carbonyl (C=O) groups is 1. The summed E-state index contributed by atoms with van der Waals surface area (Å²) in [4.78, 5) is 17.6. The van der Waals surface area contributed by atoms with E-state index >= 15 is 0 Å². The molecular weight excluding hydrogens is 296 g/mol. The van der Waals surface area contributed by atoms with Crippen LogP contribution in [0.5, 0.6) is 0 Å². The summed E-state index contributed by atoms with van der Waals surface area (Å²) in [5, 5.41) is 19.5. The van der Waals surface area contributed by atoms with E-state index in [9.17, 15) is 9.90 Å². The summed E-state index contributed by atoms with van der Waals surface area (Å²) < 4.78 is 0. The summed E-state index contributed by atoms with van der Waals surface area (Å²) in [7, 11) is 0. The molecular formula is C16H30N4O3. The lowest BCUT2D eigenvalue weighted by Gasteiger charge is -2.32. The van der Waals surface area contributed by atoms with Crippen LogP contribution in [-0.4, -0.2) is 49.1 Å². The number of aliphatic hydroxyl groups is 1. The second kappa shape index (κ2) is 7.90. The summed E-state index contributed by atoms with van der Waals surface area (Å²) in [6.07, 6.45) is 5.06. The zero-order chi connectivity index (χ0) is 16.2. The summed E-state index contributed by atoms with van der Waals surface area (Å²) in [6, 6.07) is 0. The molecule has 7 heteroatoms.